The molecule has 7 fully saturated rings. The summed E-state index contributed by atoms with van der Waals surface area (Å²) < 4.78 is 68.4. The molecule has 8 aromatic carbocycles. The number of fused-ring (bicyclic) bond motifs is 8. The Bertz CT molecular complexity index is 5820. The molecule has 19 rings (SSSR count). The largest absolute Gasteiger partial charge is 0.491 e. The van der Waals surface area contributed by atoms with Crippen LogP contribution in [0.15, 0.2) is 165 Å². The van der Waals surface area contributed by atoms with Gasteiger partial charge < -0.3 is 93.6 Å². The van der Waals surface area contributed by atoms with Crippen LogP contribution in [0.1, 0.15) is 22.3 Å². The molecule has 7 aliphatic rings. The van der Waals surface area contributed by atoms with Crippen molar-refractivity contribution in [1.29, 1.82) is 0 Å². The number of ether oxygens (including phenoxy) is 11. The van der Waals surface area contributed by atoms with E-state index in [4.69, 9.17) is 52.1 Å². The van der Waals surface area contributed by atoms with E-state index in [1.807, 2.05) is 161 Å². The predicted molar refractivity (Wildman–Crippen MR) is 527 cm³/mol. The summed E-state index contributed by atoms with van der Waals surface area (Å²) in [4.78, 5) is 62.9. The lowest BCUT2D eigenvalue weighted by molar-refractivity contribution is -0.0343. The zero-order valence-electron chi connectivity index (χ0n) is 75.7. The zero-order chi connectivity index (χ0) is 91.8. The van der Waals surface area contributed by atoms with E-state index in [0.29, 0.717) is 135 Å². The van der Waals surface area contributed by atoms with Crippen molar-refractivity contribution in [2.24, 2.45) is 0 Å². The van der Waals surface area contributed by atoms with E-state index >= 15 is 0 Å². The van der Waals surface area contributed by atoms with Crippen LogP contribution in [0.2, 0.25) is 0 Å². The average Bonchev–Trinajstić information content (AvgIpc) is 1.26. The molecule has 12 aromatic rings. The van der Waals surface area contributed by atoms with Gasteiger partial charge in [0.2, 0.25) is 0 Å². The monoisotopic (exact) mass is 1880 g/mol. The highest BCUT2D eigenvalue weighted by Gasteiger charge is 2.29. The van der Waals surface area contributed by atoms with Gasteiger partial charge in [-0.3, -0.25) is 43.7 Å². The fraction of sp³-hybridized carbons (Fsp3) is 0.480. The molecule has 32 heteroatoms. The van der Waals surface area contributed by atoms with E-state index in [1.165, 1.54) is 0 Å². The molecule has 132 heavy (non-hydrogen) atoms. The normalized spacial score (nSPS) is 19.0. The Kier molecular flexibility index (Phi) is 36.4. The highest BCUT2D eigenvalue weighted by atomic mass is 32.1. The van der Waals surface area contributed by atoms with Crippen molar-refractivity contribution in [3.8, 4) is 23.0 Å². The maximum atomic E-state index is 13.2. The number of β-amino-alcohol motifs (C(OH)–C–C–N with tert-alkyl or cyclic N) is 5. The van der Waals surface area contributed by atoms with Crippen LogP contribution in [-0.4, -0.2) is 335 Å². The molecule has 8 atom stereocenters. The van der Waals surface area contributed by atoms with Crippen molar-refractivity contribution in [2.45, 2.75) is 76.5 Å². The van der Waals surface area contributed by atoms with Gasteiger partial charge in [0.25, 0.3) is 0 Å². The van der Waals surface area contributed by atoms with Gasteiger partial charge in [-0.25, -0.2) is 0 Å². The number of nitrogens with one attached hydrogen (secondary N) is 3. The third kappa shape index (κ3) is 28.7. The van der Waals surface area contributed by atoms with Crippen LogP contribution in [0.3, 0.4) is 0 Å². The highest BCUT2D eigenvalue weighted by molar-refractivity contribution is 7.26. The number of hydrogen-bond donors (Lipinski definition) is 8. The Hall–Kier alpha value is -8.28. The minimum absolute atomic E-state index is 0.00734. The standard InChI is InChI=1S/C50H62N4O10S2.C21H24N2O3S.C17H14O3S.C8H14O4.C4H10N2/c1-33-21-39(23-43-47(59)41-7-3-5-9-45(41)65-49(33)43)63-31-37(57)27-53-15-11-51(12-16-53)25-35(55)29-61-19-20-62-30-36(56)26-52-13-17-54(18-14-52)28-38(58)32-64-40-22-34(2)50-44(24-40)48(60)42-8-4-6-10-46(42)66-50;1-14-10-16(26-13-15(24)12-23-8-6-22-7-9-23)11-18-20(25)17-4-2-3-5-19(17)27-21(14)18;1-10-6-11(19-8-12-9-20-12)7-14-16(18)13-4-2-3-5-15(13)21-17(10)14;1(9-3-7-5-11-7)2-10-4-8-6-12-8;1-2-6-4-3-5-1/h3-10,21-24,35-38,55-58H,11-20,25-32H2,1-2H3;2-5,10-11,15,22,24H,6-9,12-13H2,1H3;2-7,12H,8-9H2,1H3;7-8H,1-6H2;5-6H,1-4H2. The van der Waals surface area contributed by atoms with E-state index < -0.39 is 30.5 Å². The third-order valence-electron chi connectivity index (χ3n) is 23.7. The Morgan fingerprint density at radius 3 is 0.833 bits per heavy atom. The van der Waals surface area contributed by atoms with E-state index in [9.17, 15) is 44.7 Å². The first-order valence-corrected chi connectivity index (χ1v) is 49.2. The van der Waals surface area contributed by atoms with E-state index in [-0.39, 0.29) is 60.9 Å². The number of benzene rings is 8. The molecular formula is C100H124N8O20S4. The van der Waals surface area contributed by atoms with Crippen LogP contribution in [0.25, 0.3) is 80.7 Å². The Balaban J connectivity index is 0.000000161. The summed E-state index contributed by atoms with van der Waals surface area (Å²) in [6.45, 7) is 32.2. The molecule has 0 radical (unpaired) electrons. The molecule has 11 heterocycles. The summed E-state index contributed by atoms with van der Waals surface area (Å²) in [7, 11) is 0. The van der Waals surface area contributed by atoms with Gasteiger partial charge in [-0.05, 0) is 147 Å². The van der Waals surface area contributed by atoms with Crippen molar-refractivity contribution < 1.29 is 77.6 Å². The summed E-state index contributed by atoms with van der Waals surface area (Å²) in [5.41, 5.74) is 4.14. The minimum Gasteiger partial charge on any atom is -0.491 e. The van der Waals surface area contributed by atoms with Crippen LogP contribution in [0.5, 0.6) is 23.0 Å². The molecule has 4 aromatic heterocycles. The Morgan fingerprint density at radius 2 is 0.553 bits per heavy atom. The summed E-state index contributed by atoms with van der Waals surface area (Å²) in [6, 6.07) is 45.8. The molecule has 0 aliphatic carbocycles. The van der Waals surface area contributed by atoms with Gasteiger partial charge in [-0.15, -0.1) is 45.3 Å². The Labute approximate surface area is 783 Å². The van der Waals surface area contributed by atoms with Crippen molar-refractivity contribution in [3.63, 3.8) is 0 Å². The van der Waals surface area contributed by atoms with Crippen molar-refractivity contribution >= 4 is 126 Å². The molecule has 8 N–H and O–H groups in total. The number of aliphatic hydroxyl groups is 5. The van der Waals surface area contributed by atoms with Crippen LogP contribution in [-0.2, 0) is 33.2 Å². The molecule has 8 unspecified atom stereocenters. The number of epoxide rings is 3. The molecule has 708 valence electrons. The lowest BCUT2D eigenvalue weighted by atomic mass is 10.1. The van der Waals surface area contributed by atoms with Crippen molar-refractivity contribution in [2.75, 3.05) is 237 Å². The average molecular weight is 1890 g/mol. The highest BCUT2D eigenvalue weighted by Crippen LogP contribution is 2.36. The topological polar surface area (TPSA) is 333 Å². The SMILES string of the molecule is C(COCC1CO1)OCC1CO1.C1CNCCN1.Cc1cc(OCC(O)CN2CCN(CC(O)COCCOCC(O)CN3CCN(CC(O)COc4cc(C)c5sc6ccccc6c(=O)c5c4)CC3)CC2)cc2c(=O)c3ccccc3sc12.Cc1cc(OCC(O)CN2CCNCC2)cc2c(=O)c3ccccc3sc12.Cc1cc(OCC2CO2)cc2c(=O)c3ccccc3sc12. The first-order chi connectivity index (χ1) is 64.2. The van der Waals surface area contributed by atoms with Crippen LogP contribution < -0.4 is 56.6 Å². The molecule has 7 aliphatic heterocycles. The summed E-state index contributed by atoms with van der Waals surface area (Å²) >= 11 is 6.49. The third-order valence-corrected chi connectivity index (χ3v) is 29.0. The maximum absolute atomic E-state index is 13.2. The van der Waals surface area contributed by atoms with Crippen molar-refractivity contribution in [3.05, 3.63) is 209 Å². The fourth-order valence-electron chi connectivity index (χ4n) is 16.4. The number of aliphatic hydroxyl groups excluding tert-OH is 5. The van der Waals surface area contributed by atoms with Crippen LogP contribution in [0, 0.1) is 27.7 Å². The number of piperazine rings is 4. The number of aryl methyl sites for hydroxylation is 4. The van der Waals surface area contributed by atoms with Gasteiger partial charge in [0.1, 0.15) is 86.0 Å². The zero-order valence-corrected chi connectivity index (χ0v) is 78.9. The second-order valence-electron chi connectivity index (χ2n) is 34.6. The van der Waals surface area contributed by atoms with Gasteiger partial charge in [-0.2, -0.15) is 0 Å². The van der Waals surface area contributed by atoms with Gasteiger partial charge in [0.05, 0.1) is 84.9 Å². The molecular weight excluding hydrogens is 1760 g/mol. The molecule has 0 saturated carbocycles. The molecule has 7 saturated heterocycles. The van der Waals surface area contributed by atoms with Gasteiger partial charge in [0.15, 0.2) is 21.7 Å². The lowest BCUT2D eigenvalue weighted by Crippen LogP contribution is -2.51. The summed E-state index contributed by atoms with van der Waals surface area (Å²) in [5, 5.41) is 68.5. The van der Waals surface area contributed by atoms with E-state index in [0.717, 1.165) is 206 Å². The van der Waals surface area contributed by atoms with Crippen molar-refractivity contribution in [1.82, 2.24) is 40.4 Å². The molecule has 0 spiro atoms. The molecule has 0 amide bonds. The number of hydrogen-bond acceptors (Lipinski definition) is 32. The fourth-order valence-corrected chi connectivity index (χ4v) is 20.9. The Morgan fingerprint density at radius 1 is 0.311 bits per heavy atom. The quantitative estimate of drug-likeness (QED) is 0.0103. The predicted octanol–water partition coefficient (Wildman–Crippen LogP) is 8.79. The first kappa shape index (κ1) is 98.2. The van der Waals surface area contributed by atoms with E-state index in [2.05, 4.69) is 40.4 Å². The summed E-state index contributed by atoms with van der Waals surface area (Å²) in [6.07, 6.45) is -2.29. The number of rotatable bonds is 36. The van der Waals surface area contributed by atoms with Gasteiger partial charge >= 0.3 is 0 Å². The first-order valence-electron chi connectivity index (χ1n) is 45.9. The van der Waals surface area contributed by atoms with E-state index in [1.54, 1.807) is 57.5 Å². The molecule has 0 bridgehead atoms. The summed E-state index contributed by atoms with van der Waals surface area (Å²) in [5.74, 6) is 2.54. The maximum Gasteiger partial charge on any atom is 0.196 e. The second-order valence-corrected chi connectivity index (χ2v) is 38.8. The van der Waals surface area contributed by atoms with Crippen LogP contribution >= 0.6 is 45.3 Å². The van der Waals surface area contributed by atoms with Gasteiger partial charge in [0, 0.05) is 218 Å². The lowest BCUT2D eigenvalue weighted by Gasteiger charge is -2.36. The van der Waals surface area contributed by atoms with Gasteiger partial charge in [-0.1, -0.05) is 48.5 Å². The second kappa shape index (κ2) is 49.0. The van der Waals surface area contributed by atoms with Crippen LogP contribution in [0.4, 0.5) is 0 Å². The smallest absolute Gasteiger partial charge is 0.196 e. The molecule has 28 nitrogen and oxygen atoms in total. The number of nitrogens with zero attached hydrogens (tertiary/aromatic N) is 5. The minimum atomic E-state index is -0.692.